The Hall–Kier alpha value is 0.250. The highest BCUT2D eigenvalue weighted by atomic mass is 127. The maximum absolute atomic E-state index is 4.78. The van der Waals surface area contributed by atoms with Gasteiger partial charge in [0.2, 0.25) is 0 Å². The molecular formula is C13H16BrIN2S. The Morgan fingerprint density at radius 2 is 2.28 bits per heavy atom. The fourth-order valence-electron chi connectivity index (χ4n) is 1.78. The van der Waals surface area contributed by atoms with Crippen LogP contribution in [0.5, 0.6) is 0 Å². The summed E-state index contributed by atoms with van der Waals surface area (Å²) in [5, 5.41) is 4.47. The van der Waals surface area contributed by atoms with Crippen LogP contribution in [0.2, 0.25) is 0 Å². The van der Waals surface area contributed by atoms with Gasteiger partial charge in [0, 0.05) is 19.5 Å². The number of benzene rings is 1. The topological polar surface area (TPSA) is 24.4 Å². The summed E-state index contributed by atoms with van der Waals surface area (Å²) in [6.45, 7) is 4.48. The molecule has 1 aliphatic heterocycles. The maximum Gasteiger partial charge on any atom is 0.161 e. The molecule has 0 radical (unpaired) electrons. The summed E-state index contributed by atoms with van der Waals surface area (Å²) in [5.41, 5.74) is 1.11. The molecule has 5 heteroatoms. The average molecular weight is 439 g/mol. The molecule has 1 aromatic rings. The lowest BCUT2D eigenvalue weighted by atomic mass is 10.0. The van der Waals surface area contributed by atoms with Crippen LogP contribution in [-0.4, -0.2) is 17.0 Å². The maximum atomic E-state index is 4.78. The second kappa shape index (κ2) is 6.61. The molecular weight excluding hydrogens is 423 g/mol. The van der Waals surface area contributed by atoms with Crippen molar-refractivity contribution in [3.63, 3.8) is 0 Å². The fourth-order valence-corrected chi connectivity index (χ4v) is 3.49. The van der Waals surface area contributed by atoms with Crippen LogP contribution < -0.4 is 5.32 Å². The summed E-state index contributed by atoms with van der Waals surface area (Å²) in [4.78, 5) is 4.78. The van der Waals surface area contributed by atoms with Crippen molar-refractivity contribution in [2.75, 3.05) is 11.1 Å². The van der Waals surface area contributed by atoms with Gasteiger partial charge in [-0.05, 0) is 69.1 Å². The first-order chi connectivity index (χ1) is 8.56. The number of anilines is 1. The van der Waals surface area contributed by atoms with Gasteiger partial charge in [-0.15, -0.1) is 0 Å². The summed E-state index contributed by atoms with van der Waals surface area (Å²) in [5.74, 6) is 1.77. The summed E-state index contributed by atoms with van der Waals surface area (Å²) in [6.07, 6.45) is 1.19. The molecule has 0 fully saturated rings. The molecule has 18 heavy (non-hydrogen) atoms. The van der Waals surface area contributed by atoms with Gasteiger partial charge in [0.05, 0.1) is 6.04 Å². The van der Waals surface area contributed by atoms with E-state index in [0.29, 0.717) is 12.0 Å². The first kappa shape index (κ1) is 14.7. The molecule has 2 rings (SSSR count). The quantitative estimate of drug-likeness (QED) is 0.658. The van der Waals surface area contributed by atoms with Crippen molar-refractivity contribution in [2.24, 2.45) is 10.9 Å². The average Bonchev–Trinajstić information content (AvgIpc) is 2.34. The predicted molar refractivity (Wildman–Crippen MR) is 93.6 cm³/mol. The third kappa shape index (κ3) is 3.87. The fraction of sp³-hybridized carbons (Fsp3) is 0.462. The molecule has 1 N–H and O–H groups in total. The van der Waals surface area contributed by atoms with Gasteiger partial charge in [0.25, 0.3) is 0 Å². The largest absolute Gasteiger partial charge is 0.335 e. The number of hydrogen-bond acceptors (Lipinski definition) is 3. The highest BCUT2D eigenvalue weighted by Gasteiger charge is 2.18. The Morgan fingerprint density at radius 1 is 1.50 bits per heavy atom. The van der Waals surface area contributed by atoms with Crippen LogP contribution in [0.25, 0.3) is 0 Å². The molecule has 0 spiro atoms. The van der Waals surface area contributed by atoms with E-state index in [9.17, 15) is 0 Å². The Bertz CT molecular complexity index is 462. The summed E-state index contributed by atoms with van der Waals surface area (Å²) in [6, 6.07) is 6.74. The first-order valence-corrected chi connectivity index (χ1v) is 8.84. The number of halogens is 2. The Kier molecular flexibility index (Phi) is 5.38. The van der Waals surface area contributed by atoms with E-state index in [0.717, 1.165) is 21.1 Å². The Morgan fingerprint density at radius 3 is 2.94 bits per heavy atom. The van der Waals surface area contributed by atoms with Gasteiger partial charge >= 0.3 is 0 Å². The predicted octanol–water partition coefficient (Wildman–Crippen LogP) is 4.98. The molecule has 1 unspecified atom stereocenters. The van der Waals surface area contributed by atoms with Gasteiger partial charge in [0.1, 0.15) is 0 Å². The highest BCUT2D eigenvalue weighted by molar-refractivity contribution is 14.1. The molecule has 0 amide bonds. The SMILES string of the molecule is CC(C)C1CCSC(Nc2ccc(Br)c(I)c2)=N1. The van der Waals surface area contributed by atoms with Gasteiger partial charge in [-0.25, -0.2) is 0 Å². The van der Waals surface area contributed by atoms with Crippen molar-refractivity contribution in [3.05, 3.63) is 26.2 Å². The molecule has 0 aliphatic carbocycles. The standard InChI is InChI=1S/C13H16BrIN2S/c1-8(2)12-5-6-18-13(17-12)16-9-3-4-10(14)11(15)7-9/h3-4,7-8,12H,5-6H2,1-2H3,(H,16,17). The van der Waals surface area contributed by atoms with E-state index in [4.69, 9.17) is 4.99 Å². The third-order valence-corrected chi connectivity index (χ3v) is 6.12. The van der Waals surface area contributed by atoms with Crippen molar-refractivity contribution < 1.29 is 0 Å². The van der Waals surface area contributed by atoms with Gasteiger partial charge in [-0.2, -0.15) is 0 Å². The summed E-state index contributed by atoms with van der Waals surface area (Å²) < 4.78 is 2.34. The molecule has 0 saturated heterocycles. The minimum atomic E-state index is 0.461. The van der Waals surface area contributed by atoms with E-state index >= 15 is 0 Å². The number of aliphatic imine (C=N–C) groups is 1. The monoisotopic (exact) mass is 438 g/mol. The van der Waals surface area contributed by atoms with Gasteiger partial charge in [0.15, 0.2) is 5.17 Å². The number of hydrogen-bond donors (Lipinski definition) is 1. The van der Waals surface area contributed by atoms with E-state index in [1.165, 1.54) is 9.99 Å². The second-order valence-corrected chi connectivity index (χ2v) is 7.74. The first-order valence-electron chi connectivity index (χ1n) is 5.99. The second-order valence-electron chi connectivity index (χ2n) is 4.64. The molecule has 2 nitrogen and oxygen atoms in total. The zero-order valence-electron chi connectivity index (χ0n) is 10.4. The van der Waals surface area contributed by atoms with Crippen LogP contribution in [0.15, 0.2) is 27.7 Å². The lowest BCUT2D eigenvalue weighted by Crippen LogP contribution is -2.23. The molecule has 0 aromatic heterocycles. The molecule has 0 saturated carbocycles. The molecule has 0 bridgehead atoms. The van der Waals surface area contributed by atoms with Crippen LogP contribution in [0.4, 0.5) is 5.69 Å². The van der Waals surface area contributed by atoms with E-state index in [1.807, 2.05) is 11.8 Å². The van der Waals surface area contributed by atoms with Crippen molar-refractivity contribution in [3.8, 4) is 0 Å². The van der Waals surface area contributed by atoms with Crippen LogP contribution >= 0.6 is 50.3 Å². The van der Waals surface area contributed by atoms with E-state index in [2.05, 4.69) is 75.9 Å². The van der Waals surface area contributed by atoms with Crippen LogP contribution in [0.3, 0.4) is 0 Å². The lowest BCUT2D eigenvalue weighted by molar-refractivity contribution is 0.485. The minimum absolute atomic E-state index is 0.461. The third-order valence-electron chi connectivity index (χ3n) is 2.88. The van der Waals surface area contributed by atoms with Crippen LogP contribution in [0.1, 0.15) is 20.3 Å². The summed E-state index contributed by atoms with van der Waals surface area (Å²) in [7, 11) is 0. The lowest BCUT2D eigenvalue weighted by Gasteiger charge is -2.23. The number of rotatable bonds is 2. The number of thioether (sulfide) groups is 1. The van der Waals surface area contributed by atoms with E-state index in [1.54, 1.807) is 0 Å². The minimum Gasteiger partial charge on any atom is -0.335 e. The summed E-state index contributed by atoms with van der Waals surface area (Å²) >= 11 is 7.65. The molecule has 98 valence electrons. The normalized spacial score (nSPS) is 19.8. The zero-order valence-corrected chi connectivity index (χ0v) is 15.0. The zero-order chi connectivity index (χ0) is 13.1. The van der Waals surface area contributed by atoms with Crippen molar-refractivity contribution in [2.45, 2.75) is 26.3 Å². The molecule has 1 aliphatic rings. The van der Waals surface area contributed by atoms with Crippen molar-refractivity contribution in [1.29, 1.82) is 0 Å². The Balaban J connectivity index is 2.10. The number of amidine groups is 1. The molecule has 1 aromatic carbocycles. The van der Waals surface area contributed by atoms with Gasteiger partial charge < -0.3 is 5.32 Å². The van der Waals surface area contributed by atoms with Gasteiger partial charge in [-0.1, -0.05) is 25.6 Å². The van der Waals surface area contributed by atoms with E-state index < -0.39 is 0 Å². The molecule has 1 atom stereocenters. The molecule has 1 heterocycles. The van der Waals surface area contributed by atoms with Crippen molar-refractivity contribution in [1.82, 2.24) is 0 Å². The van der Waals surface area contributed by atoms with Gasteiger partial charge in [-0.3, -0.25) is 4.99 Å². The van der Waals surface area contributed by atoms with E-state index in [-0.39, 0.29) is 0 Å². The number of nitrogens with zero attached hydrogens (tertiary/aromatic N) is 1. The number of nitrogens with one attached hydrogen (secondary N) is 1. The smallest absolute Gasteiger partial charge is 0.161 e. The van der Waals surface area contributed by atoms with Crippen LogP contribution in [-0.2, 0) is 0 Å². The van der Waals surface area contributed by atoms with Crippen molar-refractivity contribution >= 4 is 61.1 Å². The van der Waals surface area contributed by atoms with Crippen LogP contribution in [0, 0.1) is 9.49 Å². The highest BCUT2D eigenvalue weighted by Crippen LogP contribution is 2.26. The Labute approximate surface area is 135 Å².